The Morgan fingerprint density at radius 1 is 1.16 bits per heavy atom. The highest BCUT2D eigenvalue weighted by Crippen LogP contribution is 2.13. The Hall–Kier alpha value is -1.31. The van der Waals surface area contributed by atoms with Gasteiger partial charge in [0.25, 0.3) is 0 Å². The number of nitrogens with one attached hydrogen (secondary N) is 1. The Morgan fingerprint density at radius 3 is 2.37 bits per heavy atom. The zero-order valence-electron chi connectivity index (χ0n) is 12.5. The summed E-state index contributed by atoms with van der Waals surface area (Å²) in [5.74, 6) is 0.642. The molecule has 1 aromatic rings. The second kappa shape index (κ2) is 8.73. The quantitative estimate of drug-likeness (QED) is 0.754. The molecule has 0 saturated carbocycles. The maximum absolute atomic E-state index is 11.9. The van der Waals surface area contributed by atoms with Crippen LogP contribution in [0.15, 0.2) is 30.3 Å². The second-order valence-electron chi connectivity index (χ2n) is 5.41. The van der Waals surface area contributed by atoms with Gasteiger partial charge in [0.2, 0.25) is 5.91 Å². The first-order valence-electron chi connectivity index (χ1n) is 7.49. The number of carbonyl (C=O) groups excluding carboxylic acids is 1. The average Bonchev–Trinajstić information content (AvgIpc) is 2.43. The first kappa shape index (κ1) is 15.7. The van der Waals surface area contributed by atoms with E-state index in [0.717, 1.165) is 25.7 Å². The molecule has 0 aliphatic rings. The maximum Gasteiger partial charge on any atom is 0.220 e. The molecule has 0 bridgehead atoms. The molecule has 106 valence electrons. The van der Waals surface area contributed by atoms with E-state index in [4.69, 9.17) is 0 Å². The van der Waals surface area contributed by atoms with Gasteiger partial charge in [0, 0.05) is 12.5 Å². The van der Waals surface area contributed by atoms with E-state index in [-0.39, 0.29) is 5.91 Å². The van der Waals surface area contributed by atoms with Crippen LogP contribution >= 0.6 is 0 Å². The van der Waals surface area contributed by atoms with Crippen molar-refractivity contribution in [1.29, 1.82) is 0 Å². The Bertz CT molecular complexity index is 357. The molecule has 1 amide bonds. The maximum atomic E-state index is 11.9. The molecular weight excluding hydrogens is 234 g/mol. The van der Waals surface area contributed by atoms with Crippen LogP contribution in [0.5, 0.6) is 0 Å². The fourth-order valence-electron chi connectivity index (χ4n) is 2.26. The van der Waals surface area contributed by atoms with Crippen LogP contribution in [0.4, 0.5) is 0 Å². The SMILES string of the molecule is CCC(CC)NC(=O)CC(C)CCc1ccccc1. The van der Waals surface area contributed by atoms with Crippen molar-refractivity contribution in [1.82, 2.24) is 5.32 Å². The largest absolute Gasteiger partial charge is 0.353 e. The summed E-state index contributed by atoms with van der Waals surface area (Å²) in [6.07, 6.45) is 4.80. The summed E-state index contributed by atoms with van der Waals surface area (Å²) in [4.78, 5) is 11.9. The smallest absolute Gasteiger partial charge is 0.220 e. The van der Waals surface area contributed by atoms with Crippen LogP contribution in [0, 0.1) is 5.92 Å². The van der Waals surface area contributed by atoms with Crippen LogP contribution in [0.25, 0.3) is 0 Å². The predicted molar refractivity (Wildman–Crippen MR) is 81.1 cm³/mol. The number of carbonyl (C=O) groups is 1. The lowest BCUT2D eigenvalue weighted by atomic mass is 9.97. The minimum atomic E-state index is 0.203. The topological polar surface area (TPSA) is 29.1 Å². The Morgan fingerprint density at radius 2 is 1.79 bits per heavy atom. The Labute approximate surface area is 117 Å². The van der Waals surface area contributed by atoms with Gasteiger partial charge >= 0.3 is 0 Å². The summed E-state index contributed by atoms with van der Waals surface area (Å²) in [5.41, 5.74) is 1.36. The van der Waals surface area contributed by atoms with E-state index in [1.807, 2.05) is 6.07 Å². The van der Waals surface area contributed by atoms with Crippen molar-refractivity contribution in [3.63, 3.8) is 0 Å². The molecule has 19 heavy (non-hydrogen) atoms. The summed E-state index contributed by atoms with van der Waals surface area (Å²) in [7, 11) is 0. The monoisotopic (exact) mass is 261 g/mol. The normalized spacial score (nSPS) is 12.4. The molecule has 1 N–H and O–H groups in total. The van der Waals surface area contributed by atoms with Crippen LogP contribution in [0.1, 0.15) is 52.0 Å². The third-order valence-corrected chi connectivity index (χ3v) is 3.65. The van der Waals surface area contributed by atoms with Crippen LogP contribution in [-0.2, 0) is 11.2 Å². The number of amides is 1. The molecule has 1 unspecified atom stereocenters. The van der Waals surface area contributed by atoms with Crippen molar-refractivity contribution in [2.45, 2.75) is 58.9 Å². The first-order chi connectivity index (χ1) is 9.15. The van der Waals surface area contributed by atoms with Crippen molar-refractivity contribution in [2.24, 2.45) is 5.92 Å². The van der Waals surface area contributed by atoms with Crippen molar-refractivity contribution in [2.75, 3.05) is 0 Å². The van der Waals surface area contributed by atoms with Crippen LogP contribution in [0.2, 0.25) is 0 Å². The van der Waals surface area contributed by atoms with E-state index in [9.17, 15) is 4.79 Å². The summed E-state index contributed by atoms with van der Waals surface area (Å²) >= 11 is 0. The van der Waals surface area contributed by atoms with Gasteiger partial charge < -0.3 is 5.32 Å². The predicted octanol–water partition coefficient (Wildman–Crippen LogP) is 3.95. The van der Waals surface area contributed by atoms with Crippen molar-refractivity contribution in [3.05, 3.63) is 35.9 Å². The van der Waals surface area contributed by atoms with Crippen molar-refractivity contribution >= 4 is 5.91 Å². The summed E-state index contributed by atoms with van der Waals surface area (Å²) in [5, 5.41) is 3.11. The van der Waals surface area contributed by atoms with Gasteiger partial charge in [-0.2, -0.15) is 0 Å². The lowest BCUT2D eigenvalue weighted by Crippen LogP contribution is -2.34. The number of hydrogen-bond acceptors (Lipinski definition) is 1. The minimum absolute atomic E-state index is 0.203. The molecular formula is C17H27NO. The zero-order chi connectivity index (χ0) is 14.1. The lowest BCUT2D eigenvalue weighted by molar-refractivity contribution is -0.122. The van der Waals surface area contributed by atoms with E-state index >= 15 is 0 Å². The molecule has 1 rings (SSSR count). The average molecular weight is 261 g/mol. The fourth-order valence-corrected chi connectivity index (χ4v) is 2.26. The minimum Gasteiger partial charge on any atom is -0.353 e. The van der Waals surface area contributed by atoms with Gasteiger partial charge in [0.15, 0.2) is 0 Å². The Balaban J connectivity index is 2.27. The molecule has 0 spiro atoms. The summed E-state index contributed by atoms with van der Waals surface area (Å²) < 4.78 is 0. The molecule has 0 aliphatic heterocycles. The summed E-state index contributed by atoms with van der Waals surface area (Å²) in [6, 6.07) is 10.8. The molecule has 0 saturated heterocycles. The van der Waals surface area contributed by atoms with Gasteiger partial charge in [-0.1, -0.05) is 51.1 Å². The highest BCUT2D eigenvalue weighted by atomic mass is 16.1. The molecule has 0 aliphatic carbocycles. The number of hydrogen-bond donors (Lipinski definition) is 1. The molecule has 0 fully saturated rings. The second-order valence-corrected chi connectivity index (χ2v) is 5.41. The van der Waals surface area contributed by atoms with Gasteiger partial charge in [-0.05, 0) is 37.2 Å². The van der Waals surface area contributed by atoms with Crippen LogP contribution in [-0.4, -0.2) is 11.9 Å². The van der Waals surface area contributed by atoms with Gasteiger partial charge in [0.1, 0.15) is 0 Å². The first-order valence-corrected chi connectivity index (χ1v) is 7.49. The lowest BCUT2D eigenvalue weighted by Gasteiger charge is -2.17. The van der Waals surface area contributed by atoms with E-state index in [2.05, 4.69) is 50.4 Å². The molecule has 2 heteroatoms. The van der Waals surface area contributed by atoms with E-state index in [1.165, 1.54) is 5.56 Å². The number of benzene rings is 1. The van der Waals surface area contributed by atoms with Crippen molar-refractivity contribution in [3.8, 4) is 0 Å². The van der Waals surface area contributed by atoms with Gasteiger partial charge in [-0.3, -0.25) is 4.79 Å². The van der Waals surface area contributed by atoms with Gasteiger partial charge in [-0.25, -0.2) is 0 Å². The summed E-state index contributed by atoms with van der Waals surface area (Å²) in [6.45, 7) is 6.40. The van der Waals surface area contributed by atoms with E-state index < -0.39 is 0 Å². The number of aryl methyl sites for hydroxylation is 1. The highest BCUT2D eigenvalue weighted by molar-refractivity contribution is 5.76. The van der Waals surface area contributed by atoms with Gasteiger partial charge in [0.05, 0.1) is 0 Å². The molecule has 2 nitrogen and oxygen atoms in total. The molecule has 0 radical (unpaired) electrons. The Kier molecular flexibility index (Phi) is 7.24. The molecule has 0 heterocycles. The highest BCUT2D eigenvalue weighted by Gasteiger charge is 2.12. The van der Waals surface area contributed by atoms with Crippen LogP contribution in [0.3, 0.4) is 0 Å². The van der Waals surface area contributed by atoms with Gasteiger partial charge in [-0.15, -0.1) is 0 Å². The fraction of sp³-hybridized carbons (Fsp3) is 0.588. The third kappa shape index (κ3) is 6.42. The standard InChI is InChI=1S/C17H27NO/c1-4-16(5-2)18-17(19)13-14(3)11-12-15-9-7-6-8-10-15/h6-10,14,16H,4-5,11-13H2,1-3H3,(H,18,19). The number of rotatable bonds is 8. The van der Waals surface area contributed by atoms with E-state index in [1.54, 1.807) is 0 Å². The molecule has 1 aromatic carbocycles. The molecule has 1 atom stereocenters. The van der Waals surface area contributed by atoms with E-state index in [0.29, 0.717) is 18.4 Å². The zero-order valence-corrected chi connectivity index (χ0v) is 12.5. The third-order valence-electron chi connectivity index (χ3n) is 3.65. The van der Waals surface area contributed by atoms with Crippen LogP contribution < -0.4 is 5.32 Å². The molecule has 0 aromatic heterocycles. The van der Waals surface area contributed by atoms with Crippen molar-refractivity contribution < 1.29 is 4.79 Å².